The van der Waals surface area contributed by atoms with Crippen LogP contribution in [-0.4, -0.2) is 49.4 Å². The standard InChI is InChI=1S/C9H19NOS2.Bi.3H/c1-3-5-7-10(8-6-4-2)9(11)13-12;;;;/h12H,3-8H2,1-2H3;;;;. The fourth-order valence-corrected chi connectivity index (χ4v) is 1.69. The second-order valence-corrected chi connectivity index (χ2v) is 4.13. The van der Waals surface area contributed by atoms with Crippen LogP contribution in [0.1, 0.15) is 39.5 Å². The molecule has 1 amide bonds. The van der Waals surface area contributed by atoms with Crippen molar-refractivity contribution >= 4 is 53.9 Å². The predicted molar refractivity (Wildman–Crippen MR) is 73.3 cm³/mol. The van der Waals surface area contributed by atoms with Crippen LogP contribution >= 0.6 is 22.5 Å². The average Bonchev–Trinajstić information content (AvgIpc) is 2.17. The maximum atomic E-state index is 11.3. The second-order valence-electron chi connectivity index (χ2n) is 3.05. The molecule has 86 valence electrons. The number of thiol groups is 1. The Balaban J connectivity index is 0. The molecular formula is C9H22BiNOS2. The summed E-state index contributed by atoms with van der Waals surface area (Å²) in [4.78, 5) is 13.2. The first-order chi connectivity index (χ1) is 6.26. The zero-order valence-electron chi connectivity index (χ0n) is 9.16. The van der Waals surface area contributed by atoms with Gasteiger partial charge in [0.25, 0.3) is 5.24 Å². The molecule has 14 heavy (non-hydrogen) atoms. The van der Waals surface area contributed by atoms with Crippen molar-refractivity contribution in [3.63, 3.8) is 0 Å². The number of unbranched alkanes of at least 4 members (excludes halogenated alkanes) is 2. The fourth-order valence-electron chi connectivity index (χ4n) is 1.05. The first-order valence-corrected chi connectivity index (χ1v) is 6.73. The van der Waals surface area contributed by atoms with Gasteiger partial charge in [0.1, 0.15) is 0 Å². The van der Waals surface area contributed by atoms with Crippen LogP contribution in [0, 0.1) is 0 Å². The van der Waals surface area contributed by atoms with Crippen LogP contribution in [0.4, 0.5) is 4.79 Å². The summed E-state index contributed by atoms with van der Waals surface area (Å²) in [5.41, 5.74) is 0. The molecule has 0 aliphatic heterocycles. The summed E-state index contributed by atoms with van der Waals surface area (Å²) in [5.74, 6) is 0. The van der Waals surface area contributed by atoms with Gasteiger partial charge in [-0.1, -0.05) is 26.7 Å². The van der Waals surface area contributed by atoms with E-state index in [-0.39, 0.29) is 31.4 Å². The van der Waals surface area contributed by atoms with Crippen LogP contribution < -0.4 is 0 Å². The molecule has 0 spiro atoms. The number of hydrogen-bond acceptors (Lipinski definition) is 3. The second kappa shape index (κ2) is 12.1. The van der Waals surface area contributed by atoms with Crippen molar-refractivity contribution in [3.8, 4) is 0 Å². The number of carbonyl (C=O) groups excluding carboxylic acids is 1. The third-order valence-corrected chi connectivity index (χ3v) is 2.78. The Morgan fingerprint density at radius 2 is 1.64 bits per heavy atom. The van der Waals surface area contributed by atoms with Crippen molar-refractivity contribution in [1.29, 1.82) is 0 Å². The monoisotopic (exact) mass is 433 g/mol. The molecule has 0 aliphatic carbocycles. The molecule has 0 aromatic carbocycles. The molecule has 5 heteroatoms. The van der Waals surface area contributed by atoms with E-state index < -0.39 is 0 Å². The van der Waals surface area contributed by atoms with Gasteiger partial charge in [-0.3, -0.25) is 4.79 Å². The molecule has 0 fully saturated rings. The van der Waals surface area contributed by atoms with Crippen molar-refractivity contribution in [2.75, 3.05) is 13.1 Å². The van der Waals surface area contributed by atoms with E-state index in [1.54, 1.807) is 0 Å². The Kier molecular flexibility index (Phi) is 15.1. The molecule has 0 bridgehead atoms. The van der Waals surface area contributed by atoms with Crippen LogP contribution in [0.3, 0.4) is 0 Å². The van der Waals surface area contributed by atoms with Gasteiger partial charge in [-0.2, -0.15) is 0 Å². The van der Waals surface area contributed by atoms with Crippen LogP contribution in [0.2, 0.25) is 0 Å². The minimum atomic E-state index is 0. The molecule has 0 aromatic rings. The zero-order valence-corrected chi connectivity index (χ0v) is 16.4. The van der Waals surface area contributed by atoms with E-state index in [1.165, 1.54) is 0 Å². The summed E-state index contributed by atoms with van der Waals surface area (Å²) in [6.45, 7) is 6.03. The topological polar surface area (TPSA) is 20.3 Å². The van der Waals surface area contributed by atoms with Crippen LogP contribution in [0.15, 0.2) is 0 Å². The molecule has 0 rings (SSSR count). The van der Waals surface area contributed by atoms with Gasteiger partial charge in [-0.25, -0.2) is 0 Å². The predicted octanol–water partition coefficient (Wildman–Crippen LogP) is 2.40. The molecule has 0 unspecified atom stereocenters. The quantitative estimate of drug-likeness (QED) is 0.395. The van der Waals surface area contributed by atoms with Crippen molar-refractivity contribution in [2.45, 2.75) is 39.5 Å². The van der Waals surface area contributed by atoms with Crippen LogP contribution in [0.5, 0.6) is 0 Å². The minimum absolute atomic E-state index is 0. The Morgan fingerprint density at radius 1 is 1.21 bits per heavy atom. The molecule has 0 saturated heterocycles. The Bertz CT molecular complexity index is 139. The van der Waals surface area contributed by atoms with E-state index in [0.717, 1.165) is 49.6 Å². The van der Waals surface area contributed by atoms with E-state index in [9.17, 15) is 4.79 Å². The normalized spacial score (nSPS) is 9.36. The van der Waals surface area contributed by atoms with Crippen LogP contribution in [-0.2, 0) is 0 Å². The number of rotatable bonds is 6. The van der Waals surface area contributed by atoms with E-state index in [0.29, 0.717) is 0 Å². The summed E-state index contributed by atoms with van der Waals surface area (Å²) in [6, 6.07) is 0. The van der Waals surface area contributed by atoms with Gasteiger partial charge in [-0.15, -0.1) is 11.7 Å². The first-order valence-electron chi connectivity index (χ1n) is 4.86. The number of hydrogen-bond donors (Lipinski definition) is 1. The van der Waals surface area contributed by atoms with Gasteiger partial charge >= 0.3 is 26.2 Å². The molecule has 2 nitrogen and oxygen atoms in total. The molecule has 0 aliphatic rings. The van der Waals surface area contributed by atoms with Gasteiger partial charge in [0, 0.05) is 23.9 Å². The maximum absolute atomic E-state index is 11.3. The van der Waals surface area contributed by atoms with Gasteiger partial charge in [0.15, 0.2) is 0 Å². The first kappa shape index (κ1) is 17.4. The molecular weight excluding hydrogens is 411 g/mol. The molecule has 0 heterocycles. The van der Waals surface area contributed by atoms with Crippen molar-refractivity contribution in [1.82, 2.24) is 4.90 Å². The van der Waals surface area contributed by atoms with Crippen molar-refractivity contribution < 1.29 is 4.79 Å². The average molecular weight is 433 g/mol. The Labute approximate surface area is 116 Å². The van der Waals surface area contributed by atoms with Gasteiger partial charge in [-0.05, 0) is 12.8 Å². The van der Waals surface area contributed by atoms with Gasteiger partial charge in [0.2, 0.25) is 0 Å². The van der Waals surface area contributed by atoms with Crippen molar-refractivity contribution in [3.05, 3.63) is 0 Å². The van der Waals surface area contributed by atoms with E-state index in [2.05, 4.69) is 25.5 Å². The van der Waals surface area contributed by atoms with Gasteiger partial charge < -0.3 is 4.90 Å². The van der Waals surface area contributed by atoms with E-state index in [1.807, 2.05) is 4.90 Å². The van der Waals surface area contributed by atoms with E-state index in [4.69, 9.17) is 0 Å². The molecule has 0 radical (unpaired) electrons. The number of amides is 1. The SMILES string of the molecule is CCCCN(CCCC)C(=O)SS.[BiH3]. The fraction of sp³-hybridized carbons (Fsp3) is 0.889. The third-order valence-electron chi connectivity index (χ3n) is 1.90. The summed E-state index contributed by atoms with van der Waals surface area (Å²) < 4.78 is 0. The van der Waals surface area contributed by atoms with Crippen molar-refractivity contribution in [2.24, 2.45) is 0 Å². The Hall–Kier alpha value is 1.05. The summed E-state index contributed by atoms with van der Waals surface area (Å²) in [5, 5.41) is 0.0882. The van der Waals surface area contributed by atoms with Gasteiger partial charge in [0.05, 0.1) is 0 Å². The molecule has 0 saturated carbocycles. The summed E-state index contributed by atoms with van der Waals surface area (Å²) >= 11 is 3.92. The zero-order chi connectivity index (χ0) is 10.1. The van der Waals surface area contributed by atoms with E-state index >= 15 is 0 Å². The Morgan fingerprint density at radius 3 is 1.93 bits per heavy atom. The summed E-state index contributed by atoms with van der Waals surface area (Å²) in [6.07, 6.45) is 4.44. The summed E-state index contributed by atoms with van der Waals surface area (Å²) in [7, 11) is 1.02. The number of carbonyl (C=O) groups is 1. The molecule has 0 aromatic heterocycles. The number of nitrogens with zero attached hydrogens (tertiary/aromatic N) is 1. The van der Waals surface area contributed by atoms with Crippen LogP contribution in [0.25, 0.3) is 0 Å². The molecule has 0 atom stereocenters. The molecule has 0 N–H and O–H groups in total. The third kappa shape index (κ3) is 8.37.